The van der Waals surface area contributed by atoms with Crippen molar-refractivity contribution in [3.05, 3.63) is 288 Å². The van der Waals surface area contributed by atoms with E-state index in [2.05, 4.69) is 278 Å². The summed E-state index contributed by atoms with van der Waals surface area (Å²) in [5.74, 6) is 0. The molecule has 0 aliphatic heterocycles. The van der Waals surface area contributed by atoms with Crippen molar-refractivity contribution in [3.8, 4) is 33.4 Å². The van der Waals surface area contributed by atoms with Gasteiger partial charge in [0.25, 0.3) is 0 Å². The van der Waals surface area contributed by atoms with Crippen LogP contribution < -0.4 is 9.80 Å². The van der Waals surface area contributed by atoms with Gasteiger partial charge in [-0.3, -0.25) is 0 Å². The van der Waals surface area contributed by atoms with Crippen LogP contribution in [0.25, 0.3) is 33.4 Å². The molecule has 2 aliphatic carbocycles. The maximum Gasteiger partial charge on any atom is 0.0733 e. The summed E-state index contributed by atoms with van der Waals surface area (Å²) >= 11 is 0. The van der Waals surface area contributed by atoms with Crippen molar-refractivity contribution in [1.82, 2.24) is 0 Å². The van der Waals surface area contributed by atoms with Crippen molar-refractivity contribution in [2.24, 2.45) is 0 Å². The monoisotopic (exact) mass is 844 g/mol. The Hall–Kier alpha value is -8.20. The lowest BCUT2D eigenvalue weighted by atomic mass is 9.67. The van der Waals surface area contributed by atoms with Gasteiger partial charge in [0.05, 0.1) is 11.1 Å². The van der Waals surface area contributed by atoms with E-state index in [0.29, 0.717) is 0 Å². The van der Waals surface area contributed by atoms with Crippen molar-refractivity contribution < 1.29 is 0 Å². The first-order valence-corrected chi connectivity index (χ1v) is 23.0. The summed E-state index contributed by atoms with van der Waals surface area (Å²) in [6, 6.07) is 93.8. The van der Waals surface area contributed by atoms with E-state index in [-0.39, 0.29) is 5.41 Å². The van der Waals surface area contributed by atoms with Gasteiger partial charge in [0.1, 0.15) is 0 Å². The van der Waals surface area contributed by atoms with Crippen LogP contribution in [0, 0.1) is 0 Å². The van der Waals surface area contributed by atoms with Crippen LogP contribution in [0.15, 0.2) is 255 Å². The number of rotatable bonds is 9. The fourth-order valence-corrected chi connectivity index (χ4v) is 11.2. The minimum absolute atomic E-state index is 0.146. The number of fused-ring (bicyclic) bond motifs is 6. The van der Waals surface area contributed by atoms with Gasteiger partial charge in [0, 0.05) is 33.9 Å². The van der Waals surface area contributed by atoms with E-state index >= 15 is 0 Å². The summed E-state index contributed by atoms with van der Waals surface area (Å²) in [7, 11) is 0. The number of nitrogens with zero attached hydrogens (tertiary/aromatic N) is 2. The Bertz CT molecular complexity index is 3340. The van der Waals surface area contributed by atoms with E-state index in [1.807, 2.05) is 0 Å². The summed E-state index contributed by atoms with van der Waals surface area (Å²) in [6.45, 7) is 4.72. The van der Waals surface area contributed by atoms with Crippen LogP contribution in [-0.4, -0.2) is 0 Å². The molecule has 10 aromatic rings. The number of para-hydroxylation sites is 2. The predicted octanol–water partition coefficient (Wildman–Crippen LogP) is 17.0. The van der Waals surface area contributed by atoms with E-state index < -0.39 is 5.41 Å². The molecule has 0 fully saturated rings. The highest BCUT2D eigenvalue weighted by molar-refractivity contribution is 5.92. The average Bonchev–Trinajstić information content (AvgIpc) is 3.81. The van der Waals surface area contributed by atoms with Gasteiger partial charge in [-0.15, -0.1) is 0 Å². The molecule has 0 unspecified atom stereocenters. The smallest absolute Gasteiger partial charge is 0.0733 e. The fourth-order valence-electron chi connectivity index (χ4n) is 11.2. The highest BCUT2D eigenvalue weighted by atomic mass is 15.2. The van der Waals surface area contributed by atoms with Gasteiger partial charge < -0.3 is 9.80 Å². The van der Waals surface area contributed by atoms with Crippen molar-refractivity contribution in [1.29, 1.82) is 0 Å². The Morgan fingerprint density at radius 3 is 1.35 bits per heavy atom. The maximum atomic E-state index is 2.46. The predicted molar refractivity (Wildman–Crippen MR) is 276 cm³/mol. The van der Waals surface area contributed by atoms with E-state index in [9.17, 15) is 0 Å². The van der Waals surface area contributed by atoms with Gasteiger partial charge in [0.2, 0.25) is 0 Å². The van der Waals surface area contributed by atoms with E-state index in [1.54, 1.807) is 0 Å². The van der Waals surface area contributed by atoms with Gasteiger partial charge in [-0.2, -0.15) is 0 Å². The minimum atomic E-state index is -0.586. The number of hydrogen-bond acceptors (Lipinski definition) is 2. The van der Waals surface area contributed by atoms with Crippen molar-refractivity contribution in [2.75, 3.05) is 9.80 Å². The molecular weight excluding hydrogens is 797 g/mol. The highest BCUT2D eigenvalue weighted by Gasteiger charge is 2.47. The average molecular weight is 845 g/mol. The molecule has 2 aliphatic rings. The lowest BCUT2D eigenvalue weighted by molar-refractivity contribution is 0.660. The molecule has 314 valence electrons. The summed E-state index contributed by atoms with van der Waals surface area (Å²) in [5.41, 5.74) is 21.1. The summed E-state index contributed by atoms with van der Waals surface area (Å²) in [5, 5.41) is 0. The Balaban J connectivity index is 1.07. The molecule has 0 atom stereocenters. The quantitative estimate of drug-likeness (QED) is 0.143. The molecule has 66 heavy (non-hydrogen) atoms. The fraction of sp³-hybridized carbons (Fsp3) is 0.0625. The number of anilines is 6. The third kappa shape index (κ3) is 6.17. The first-order valence-electron chi connectivity index (χ1n) is 23.0. The van der Waals surface area contributed by atoms with Gasteiger partial charge >= 0.3 is 0 Å². The molecule has 12 rings (SSSR count). The first kappa shape index (κ1) is 39.4. The van der Waals surface area contributed by atoms with Crippen LogP contribution in [0.1, 0.15) is 47.2 Å². The zero-order valence-corrected chi connectivity index (χ0v) is 37.1. The zero-order valence-electron chi connectivity index (χ0n) is 37.1. The molecule has 0 saturated heterocycles. The second-order valence-electron chi connectivity index (χ2n) is 18.1. The van der Waals surface area contributed by atoms with Gasteiger partial charge in [-0.25, -0.2) is 0 Å². The van der Waals surface area contributed by atoms with Crippen molar-refractivity contribution in [2.45, 2.75) is 24.7 Å². The van der Waals surface area contributed by atoms with Crippen LogP contribution in [0.4, 0.5) is 34.1 Å². The molecule has 0 bridgehead atoms. The molecule has 0 saturated carbocycles. The molecule has 2 heteroatoms. The molecule has 2 nitrogen and oxygen atoms in total. The van der Waals surface area contributed by atoms with Crippen LogP contribution in [-0.2, 0) is 10.8 Å². The Morgan fingerprint density at radius 1 is 0.273 bits per heavy atom. The second-order valence-corrected chi connectivity index (χ2v) is 18.1. The number of benzene rings is 10. The highest BCUT2D eigenvalue weighted by Crippen LogP contribution is 2.59. The van der Waals surface area contributed by atoms with E-state index in [4.69, 9.17) is 0 Å². The second kappa shape index (κ2) is 15.8. The van der Waals surface area contributed by atoms with Crippen molar-refractivity contribution >= 4 is 34.1 Å². The molecule has 10 aromatic carbocycles. The van der Waals surface area contributed by atoms with Crippen LogP contribution in [0.5, 0.6) is 0 Å². The molecule has 0 amide bonds. The Labute approximate surface area is 388 Å². The molecule has 0 N–H and O–H groups in total. The Morgan fingerprint density at radius 2 is 0.697 bits per heavy atom. The van der Waals surface area contributed by atoms with Gasteiger partial charge in [-0.05, 0) is 127 Å². The topological polar surface area (TPSA) is 6.48 Å². The Kier molecular flexibility index (Phi) is 9.43. The third-order valence-corrected chi connectivity index (χ3v) is 14.1. The third-order valence-electron chi connectivity index (χ3n) is 14.1. The summed E-state index contributed by atoms with van der Waals surface area (Å²) < 4.78 is 0. The van der Waals surface area contributed by atoms with E-state index in [1.165, 1.54) is 66.8 Å². The molecule has 0 heterocycles. The lowest BCUT2D eigenvalue weighted by Gasteiger charge is -2.38. The molecular formula is C64H48N2. The van der Waals surface area contributed by atoms with Crippen LogP contribution in [0.2, 0.25) is 0 Å². The zero-order chi connectivity index (χ0) is 44.2. The largest absolute Gasteiger partial charge is 0.310 e. The van der Waals surface area contributed by atoms with Crippen LogP contribution in [0.3, 0.4) is 0 Å². The number of hydrogen-bond donors (Lipinski definition) is 0. The van der Waals surface area contributed by atoms with Gasteiger partial charge in [-0.1, -0.05) is 208 Å². The van der Waals surface area contributed by atoms with E-state index in [0.717, 1.165) is 34.1 Å². The SMILES string of the molecule is CC1(C)c2ccccc2-c2ccc(N(c3ccc(-c4ccccc4)cc3)c3cccc(N(c4ccccc4)c4ccccc4C4(c5ccccc5)c5ccccc5-c5ccccc54)c3)cc21. The standard InChI is InChI=1S/C64H48N2/c1-63(2)57-32-15-12-29-53(57)56-42-41-52(44-61(56)63)65(49-39-37-46(38-40-49)45-21-6-3-7-22-45)50-27-20-28-51(43-50)66(48-25-10-5-11-26-48)62-36-19-18-35-60(62)64(47-23-8-4-9-24-47)58-33-16-13-30-54(58)55-31-14-17-34-59(55)64/h3-44H,1-2H3. The summed E-state index contributed by atoms with van der Waals surface area (Å²) in [4.78, 5) is 4.90. The van der Waals surface area contributed by atoms with Gasteiger partial charge in [0.15, 0.2) is 0 Å². The first-order chi connectivity index (χ1) is 32.5. The normalized spacial score (nSPS) is 13.5. The maximum absolute atomic E-state index is 2.46. The molecule has 0 spiro atoms. The van der Waals surface area contributed by atoms with Crippen LogP contribution >= 0.6 is 0 Å². The lowest BCUT2D eigenvalue weighted by Crippen LogP contribution is -2.30. The molecule has 0 aromatic heterocycles. The minimum Gasteiger partial charge on any atom is -0.310 e. The van der Waals surface area contributed by atoms with Crippen molar-refractivity contribution in [3.63, 3.8) is 0 Å². The summed E-state index contributed by atoms with van der Waals surface area (Å²) in [6.07, 6.45) is 0. The molecule has 0 radical (unpaired) electrons.